The summed E-state index contributed by atoms with van der Waals surface area (Å²) >= 11 is 0. The Hall–Kier alpha value is -3.02. The number of pyridine rings is 2. The Kier molecular flexibility index (Phi) is 5.69. The number of carbonyl (C=O) groups excluding carboxylic acids is 1. The van der Waals surface area contributed by atoms with Crippen LogP contribution in [0.4, 0.5) is 0 Å². The normalized spacial score (nSPS) is 14.9. The lowest BCUT2D eigenvalue weighted by Crippen LogP contribution is -2.39. The Morgan fingerprint density at radius 2 is 1.86 bits per heavy atom. The lowest BCUT2D eigenvalue weighted by atomic mass is 9.93. The van der Waals surface area contributed by atoms with Gasteiger partial charge in [0, 0.05) is 61.4 Å². The second-order valence-electron chi connectivity index (χ2n) is 7.78. The molecule has 4 heterocycles. The Balaban J connectivity index is 1.35. The van der Waals surface area contributed by atoms with Crippen molar-refractivity contribution in [2.24, 2.45) is 5.92 Å². The zero-order valence-electron chi connectivity index (χ0n) is 17.1. The molecule has 1 fully saturated rings. The van der Waals surface area contributed by atoms with Crippen LogP contribution in [0.1, 0.15) is 41.0 Å². The Morgan fingerprint density at radius 1 is 1.07 bits per heavy atom. The van der Waals surface area contributed by atoms with Crippen molar-refractivity contribution in [3.63, 3.8) is 0 Å². The summed E-state index contributed by atoms with van der Waals surface area (Å²) < 4.78 is 2.29. The zero-order valence-corrected chi connectivity index (χ0v) is 17.1. The molecule has 0 bridgehead atoms. The topological polar surface area (TPSA) is 63.9 Å². The quantitative estimate of drug-likeness (QED) is 0.664. The van der Waals surface area contributed by atoms with Gasteiger partial charge in [0.05, 0.1) is 5.56 Å². The van der Waals surface area contributed by atoms with E-state index in [9.17, 15) is 4.79 Å². The molecule has 3 aromatic heterocycles. The summed E-state index contributed by atoms with van der Waals surface area (Å²) in [6, 6.07) is 7.70. The number of imidazole rings is 1. The average Bonchev–Trinajstić information content (AvgIpc) is 3.13. The predicted molar refractivity (Wildman–Crippen MR) is 112 cm³/mol. The number of aromatic nitrogens is 4. The van der Waals surface area contributed by atoms with Gasteiger partial charge >= 0.3 is 0 Å². The molecule has 6 heteroatoms. The zero-order chi connectivity index (χ0) is 20.2. The summed E-state index contributed by atoms with van der Waals surface area (Å²) in [5, 5.41) is 0. The van der Waals surface area contributed by atoms with Crippen molar-refractivity contribution in [1.82, 2.24) is 24.4 Å². The SMILES string of the molecule is Cc1ncccc1C(=O)N1CCC(CCn2c(C)cnc2-c2cccnc2)CC1. The van der Waals surface area contributed by atoms with Gasteiger partial charge in [-0.05, 0) is 63.3 Å². The fraction of sp³-hybridized carbons (Fsp3) is 0.391. The third kappa shape index (κ3) is 4.21. The first kappa shape index (κ1) is 19.3. The number of piperidine rings is 1. The molecular weight excluding hydrogens is 362 g/mol. The van der Waals surface area contributed by atoms with Crippen LogP contribution in [0.2, 0.25) is 0 Å². The number of hydrogen-bond acceptors (Lipinski definition) is 4. The van der Waals surface area contributed by atoms with Crippen molar-refractivity contribution in [3.05, 3.63) is 66.0 Å². The van der Waals surface area contributed by atoms with Crippen LogP contribution in [0.25, 0.3) is 11.4 Å². The molecule has 0 atom stereocenters. The molecule has 0 aromatic carbocycles. The smallest absolute Gasteiger partial charge is 0.255 e. The van der Waals surface area contributed by atoms with Crippen LogP contribution in [0.5, 0.6) is 0 Å². The first-order chi connectivity index (χ1) is 14.1. The van der Waals surface area contributed by atoms with E-state index in [1.807, 2.05) is 42.4 Å². The monoisotopic (exact) mass is 389 g/mol. The first-order valence-corrected chi connectivity index (χ1v) is 10.3. The summed E-state index contributed by atoms with van der Waals surface area (Å²) in [5.41, 5.74) is 3.75. The minimum absolute atomic E-state index is 0.110. The molecule has 1 aliphatic heterocycles. The number of aryl methyl sites for hydroxylation is 2. The van der Waals surface area contributed by atoms with Crippen LogP contribution >= 0.6 is 0 Å². The maximum Gasteiger partial charge on any atom is 0.255 e. The number of likely N-dealkylation sites (tertiary alicyclic amines) is 1. The summed E-state index contributed by atoms with van der Waals surface area (Å²) in [5.74, 6) is 1.71. The van der Waals surface area contributed by atoms with Gasteiger partial charge in [0.15, 0.2) is 0 Å². The summed E-state index contributed by atoms with van der Waals surface area (Å²) in [7, 11) is 0. The highest BCUT2D eigenvalue weighted by atomic mass is 16.2. The van der Waals surface area contributed by atoms with Crippen LogP contribution in [0.3, 0.4) is 0 Å². The van der Waals surface area contributed by atoms with Crippen molar-refractivity contribution >= 4 is 5.91 Å². The third-order valence-corrected chi connectivity index (χ3v) is 5.87. The van der Waals surface area contributed by atoms with Gasteiger partial charge in [-0.1, -0.05) is 0 Å². The van der Waals surface area contributed by atoms with Gasteiger partial charge in [0.1, 0.15) is 5.82 Å². The molecule has 4 rings (SSSR count). The highest BCUT2D eigenvalue weighted by molar-refractivity contribution is 5.95. The Bertz CT molecular complexity index is 974. The lowest BCUT2D eigenvalue weighted by molar-refractivity contribution is 0.0683. The molecule has 0 N–H and O–H groups in total. The summed E-state index contributed by atoms with van der Waals surface area (Å²) in [6.45, 7) is 6.57. The standard InChI is InChI=1S/C23H27N5O/c1-17-15-26-22(20-5-3-10-24-16-20)28(17)14-9-19-7-12-27(13-8-19)23(29)21-6-4-11-25-18(21)2/h3-6,10-11,15-16,19H,7-9,12-14H2,1-2H3. The number of rotatable bonds is 5. The third-order valence-electron chi connectivity index (χ3n) is 5.87. The van der Waals surface area contributed by atoms with Gasteiger partial charge in [-0.15, -0.1) is 0 Å². The van der Waals surface area contributed by atoms with E-state index in [1.54, 1.807) is 12.4 Å². The highest BCUT2D eigenvalue weighted by Crippen LogP contribution is 2.25. The van der Waals surface area contributed by atoms with E-state index in [-0.39, 0.29) is 5.91 Å². The Labute approximate surface area is 171 Å². The van der Waals surface area contributed by atoms with Gasteiger partial charge in [0.2, 0.25) is 0 Å². The highest BCUT2D eigenvalue weighted by Gasteiger charge is 2.25. The number of hydrogen-bond donors (Lipinski definition) is 0. The number of carbonyl (C=O) groups is 1. The summed E-state index contributed by atoms with van der Waals surface area (Å²) in [4.78, 5) is 27.8. The first-order valence-electron chi connectivity index (χ1n) is 10.3. The Morgan fingerprint density at radius 3 is 2.59 bits per heavy atom. The van der Waals surface area contributed by atoms with E-state index >= 15 is 0 Å². The van der Waals surface area contributed by atoms with Crippen molar-refractivity contribution in [3.8, 4) is 11.4 Å². The predicted octanol–water partition coefficient (Wildman–Crippen LogP) is 3.90. The molecule has 150 valence electrons. The molecule has 0 saturated carbocycles. The molecular formula is C23H27N5O. The van der Waals surface area contributed by atoms with E-state index in [4.69, 9.17) is 0 Å². The average molecular weight is 390 g/mol. The second-order valence-corrected chi connectivity index (χ2v) is 7.78. The van der Waals surface area contributed by atoms with Crippen molar-refractivity contribution in [2.75, 3.05) is 13.1 Å². The molecule has 1 saturated heterocycles. The summed E-state index contributed by atoms with van der Waals surface area (Å²) in [6.07, 6.45) is 10.5. The van der Waals surface area contributed by atoms with Crippen LogP contribution in [-0.4, -0.2) is 43.4 Å². The molecule has 0 aliphatic carbocycles. The van der Waals surface area contributed by atoms with E-state index in [1.165, 1.54) is 5.69 Å². The molecule has 0 unspecified atom stereocenters. The van der Waals surface area contributed by atoms with Crippen molar-refractivity contribution in [1.29, 1.82) is 0 Å². The molecule has 3 aromatic rings. The van der Waals surface area contributed by atoms with Gasteiger partial charge in [0.25, 0.3) is 5.91 Å². The van der Waals surface area contributed by atoms with E-state index in [0.29, 0.717) is 5.92 Å². The van der Waals surface area contributed by atoms with E-state index in [0.717, 1.165) is 61.5 Å². The van der Waals surface area contributed by atoms with Crippen LogP contribution in [0.15, 0.2) is 49.1 Å². The van der Waals surface area contributed by atoms with Crippen LogP contribution < -0.4 is 0 Å². The number of nitrogens with zero attached hydrogens (tertiary/aromatic N) is 5. The van der Waals surface area contributed by atoms with Crippen LogP contribution in [0, 0.1) is 19.8 Å². The van der Waals surface area contributed by atoms with Crippen molar-refractivity contribution in [2.45, 2.75) is 39.7 Å². The lowest BCUT2D eigenvalue weighted by Gasteiger charge is -2.32. The van der Waals surface area contributed by atoms with Crippen LogP contribution in [-0.2, 0) is 6.54 Å². The second kappa shape index (κ2) is 8.55. The van der Waals surface area contributed by atoms with Gasteiger partial charge in [-0.3, -0.25) is 14.8 Å². The molecule has 0 radical (unpaired) electrons. The van der Waals surface area contributed by atoms with Crippen molar-refractivity contribution < 1.29 is 4.79 Å². The van der Waals surface area contributed by atoms with Gasteiger partial charge in [-0.2, -0.15) is 0 Å². The van der Waals surface area contributed by atoms with E-state index < -0.39 is 0 Å². The van der Waals surface area contributed by atoms with Gasteiger partial charge in [-0.25, -0.2) is 4.98 Å². The fourth-order valence-electron chi connectivity index (χ4n) is 4.09. The van der Waals surface area contributed by atoms with E-state index in [2.05, 4.69) is 32.5 Å². The molecule has 29 heavy (non-hydrogen) atoms. The minimum Gasteiger partial charge on any atom is -0.339 e. The minimum atomic E-state index is 0.110. The number of amides is 1. The maximum absolute atomic E-state index is 12.8. The molecule has 0 spiro atoms. The largest absolute Gasteiger partial charge is 0.339 e. The molecule has 6 nitrogen and oxygen atoms in total. The fourth-order valence-corrected chi connectivity index (χ4v) is 4.09. The maximum atomic E-state index is 12.8. The van der Waals surface area contributed by atoms with Gasteiger partial charge < -0.3 is 9.47 Å². The molecule has 1 aliphatic rings. The molecule has 1 amide bonds.